The van der Waals surface area contributed by atoms with Crippen molar-refractivity contribution in [3.63, 3.8) is 0 Å². The maximum Gasteiger partial charge on any atom is 0.228 e. The predicted molar refractivity (Wildman–Crippen MR) is 105 cm³/mol. The number of fused-ring (bicyclic) bond motifs is 1. The van der Waals surface area contributed by atoms with Crippen LogP contribution in [-0.4, -0.2) is 54.4 Å². The first kappa shape index (κ1) is 20.0. The Morgan fingerprint density at radius 2 is 1.93 bits per heavy atom. The molecule has 4 unspecified atom stereocenters. The SMILES string of the molecule is COc1ccc(CN2CC(C(=O)N3CC4CCC(N)C4C3)CC2=O)cc1.Cl. The number of carbonyl (C=O) groups is 2. The standard InChI is InChI=1S/C20H27N3O3.ClH/c1-26-16-5-2-13(3-6-16)9-22-11-15(8-19(22)24)20(25)23-10-14-4-7-18(21)17(14)12-23;/h2-3,5-6,14-15,17-18H,4,7-12,21H2,1H3;1H. The summed E-state index contributed by atoms with van der Waals surface area (Å²) < 4.78 is 5.16. The van der Waals surface area contributed by atoms with Gasteiger partial charge in [0.1, 0.15) is 5.75 Å². The summed E-state index contributed by atoms with van der Waals surface area (Å²) in [5, 5.41) is 0. The first-order valence-corrected chi connectivity index (χ1v) is 9.50. The second-order valence-corrected chi connectivity index (χ2v) is 7.93. The number of methoxy groups -OCH3 is 1. The Labute approximate surface area is 166 Å². The Hall–Kier alpha value is -1.79. The number of hydrogen-bond donors (Lipinski definition) is 1. The molecule has 2 heterocycles. The van der Waals surface area contributed by atoms with Gasteiger partial charge in [0.25, 0.3) is 0 Å². The maximum absolute atomic E-state index is 12.9. The van der Waals surface area contributed by atoms with Gasteiger partial charge in [-0.15, -0.1) is 12.4 Å². The average Bonchev–Trinajstić information content (AvgIpc) is 3.32. The van der Waals surface area contributed by atoms with Crippen LogP contribution in [0.2, 0.25) is 0 Å². The van der Waals surface area contributed by atoms with Gasteiger partial charge in [0.2, 0.25) is 11.8 Å². The van der Waals surface area contributed by atoms with Crippen LogP contribution in [0.5, 0.6) is 5.75 Å². The van der Waals surface area contributed by atoms with E-state index in [9.17, 15) is 9.59 Å². The van der Waals surface area contributed by atoms with Gasteiger partial charge in [-0.25, -0.2) is 0 Å². The van der Waals surface area contributed by atoms with Gasteiger partial charge in [0, 0.05) is 38.6 Å². The van der Waals surface area contributed by atoms with Crippen molar-refractivity contribution in [1.29, 1.82) is 0 Å². The summed E-state index contributed by atoms with van der Waals surface area (Å²) >= 11 is 0. The first-order valence-electron chi connectivity index (χ1n) is 9.50. The van der Waals surface area contributed by atoms with Crippen molar-refractivity contribution in [2.45, 2.75) is 31.8 Å². The van der Waals surface area contributed by atoms with Gasteiger partial charge in [-0.05, 0) is 42.4 Å². The molecule has 1 saturated carbocycles. The molecule has 2 saturated heterocycles. The van der Waals surface area contributed by atoms with Crippen LogP contribution in [0, 0.1) is 17.8 Å². The van der Waals surface area contributed by atoms with Gasteiger partial charge in [0.05, 0.1) is 13.0 Å². The van der Waals surface area contributed by atoms with Crippen molar-refractivity contribution in [3.8, 4) is 5.75 Å². The number of nitrogens with two attached hydrogens (primary N) is 1. The zero-order valence-corrected chi connectivity index (χ0v) is 16.5. The topological polar surface area (TPSA) is 75.9 Å². The van der Waals surface area contributed by atoms with Crippen LogP contribution in [0.15, 0.2) is 24.3 Å². The Morgan fingerprint density at radius 3 is 2.59 bits per heavy atom. The quantitative estimate of drug-likeness (QED) is 0.844. The number of halogens is 1. The molecule has 7 heteroatoms. The van der Waals surface area contributed by atoms with E-state index in [0.717, 1.165) is 37.2 Å². The lowest BCUT2D eigenvalue weighted by molar-refractivity contribution is -0.135. The molecular weight excluding hydrogens is 366 g/mol. The van der Waals surface area contributed by atoms with Crippen molar-refractivity contribution < 1.29 is 14.3 Å². The third-order valence-corrected chi connectivity index (χ3v) is 6.32. The van der Waals surface area contributed by atoms with Crippen LogP contribution < -0.4 is 10.5 Å². The van der Waals surface area contributed by atoms with Crippen molar-refractivity contribution in [3.05, 3.63) is 29.8 Å². The molecule has 0 radical (unpaired) electrons. The van der Waals surface area contributed by atoms with Crippen LogP contribution in [0.25, 0.3) is 0 Å². The molecule has 1 aliphatic carbocycles. The predicted octanol–water partition coefficient (Wildman–Crippen LogP) is 1.66. The lowest BCUT2D eigenvalue weighted by Gasteiger charge is -2.22. The number of hydrogen-bond acceptors (Lipinski definition) is 4. The van der Waals surface area contributed by atoms with Crippen LogP contribution in [-0.2, 0) is 16.1 Å². The summed E-state index contributed by atoms with van der Waals surface area (Å²) in [5.41, 5.74) is 7.23. The molecule has 2 amide bonds. The van der Waals surface area contributed by atoms with Crippen molar-refractivity contribution in [2.75, 3.05) is 26.7 Å². The van der Waals surface area contributed by atoms with Crippen molar-refractivity contribution >= 4 is 24.2 Å². The molecule has 0 bridgehead atoms. The minimum atomic E-state index is -0.212. The van der Waals surface area contributed by atoms with Crippen LogP contribution in [0.3, 0.4) is 0 Å². The van der Waals surface area contributed by atoms with Gasteiger partial charge in [-0.1, -0.05) is 12.1 Å². The number of nitrogens with zero attached hydrogens (tertiary/aromatic N) is 2. The number of benzene rings is 1. The number of likely N-dealkylation sites (tertiary alicyclic amines) is 2. The highest BCUT2D eigenvalue weighted by atomic mass is 35.5. The summed E-state index contributed by atoms with van der Waals surface area (Å²) in [4.78, 5) is 29.1. The van der Waals surface area contributed by atoms with Gasteiger partial charge >= 0.3 is 0 Å². The lowest BCUT2D eigenvalue weighted by Crippen LogP contribution is -2.38. The largest absolute Gasteiger partial charge is 0.497 e. The molecule has 2 aliphatic heterocycles. The monoisotopic (exact) mass is 393 g/mol. The molecule has 0 aromatic heterocycles. The summed E-state index contributed by atoms with van der Waals surface area (Å²) in [6, 6.07) is 7.94. The van der Waals surface area contributed by atoms with E-state index in [-0.39, 0.29) is 36.2 Å². The number of amides is 2. The van der Waals surface area contributed by atoms with E-state index >= 15 is 0 Å². The molecule has 3 fully saturated rings. The highest BCUT2D eigenvalue weighted by Gasteiger charge is 2.45. The summed E-state index contributed by atoms with van der Waals surface area (Å²) in [7, 11) is 1.63. The first-order chi connectivity index (χ1) is 12.5. The molecule has 4 rings (SSSR count). The van der Waals surface area contributed by atoms with E-state index in [1.807, 2.05) is 29.2 Å². The second kappa shape index (κ2) is 8.07. The highest BCUT2D eigenvalue weighted by Crippen LogP contribution is 2.38. The molecule has 2 N–H and O–H groups in total. The zero-order valence-electron chi connectivity index (χ0n) is 15.7. The van der Waals surface area contributed by atoms with E-state index in [1.54, 1.807) is 12.0 Å². The number of rotatable bonds is 4. The lowest BCUT2D eigenvalue weighted by atomic mass is 9.98. The summed E-state index contributed by atoms with van der Waals surface area (Å²) in [5.74, 6) is 1.79. The average molecular weight is 394 g/mol. The number of ether oxygens (including phenoxy) is 1. The van der Waals surface area contributed by atoms with Gasteiger partial charge in [0.15, 0.2) is 0 Å². The normalized spacial score (nSPS) is 29.6. The van der Waals surface area contributed by atoms with Crippen molar-refractivity contribution in [2.24, 2.45) is 23.5 Å². The van der Waals surface area contributed by atoms with E-state index in [0.29, 0.717) is 31.3 Å². The minimum Gasteiger partial charge on any atom is -0.497 e. The third-order valence-electron chi connectivity index (χ3n) is 6.32. The van der Waals surface area contributed by atoms with E-state index in [1.165, 1.54) is 0 Å². The fourth-order valence-corrected chi connectivity index (χ4v) is 4.79. The number of carbonyl (C=O) groups excluding carboxylic acids is 2. The fourth-order valence-electron chi connectivity index (χ4n) is 4.79. The molecule has 148 valence electrons. The molecule has 1 aromatic rings. The zero-order chi connectivity index (χ0) is 18.3. The molecule has 1 aromatic carbocycles. The highest BCUT2D eigenvalue weighted by molar-refractivity contribution is 5.89. The molecule has 0 spiro atoms. The molecule has 3 aliphatic rings. The minimum absolute atomic E-state index is 0. The van der Waals surface area contributed by atoms with Gasteiger partial charge < -0.3 is 20.3 Å². The molecule has 4 atom stereocenters. The second-order valence-electron chi connectivity index (χ2n) is 7.93. The Bertz CT molecular complexity index is 696. The molecule has 27 heavy (non-hydrogen) atoms. The summed E-state index contributed by atoms with van der Waals surface area (Å²) in [6.45, 7) is 2.65. The van der Waals surface area contributed by atoms with Crippen LogP contribution in [0.1, 0.15) is 24.8 Å². The third kappa shape index (κ3) is 3.92. The fraction of sp³-hybridized carbons (Fsp3) is 0.600. The van der Waals surface area contributed by atoms with Gasteiger partial charge in [-0.2, -0.15) is 0 Å². The van der Waals surface area contributed by atoms with E-state index in [4.69, 9.17) is 10.5 Å². The van der Waals surface area contributed by atoms with Crippen molar-refractivity contribution in [1.82, 2.24) is 9.80 Å². The molecular formula is C20H28ClN3O3. The Kier molecular flexibility index (Phi) is 5.96. The summed E-state index contributed by atoms with van der Waals surface area (Å²) in [6.07, 6.45) is 2.53. The maximum atomic E-state index is 12.9. The van der Waals surface area contributed by atoms with E-state index in [2.05, 4.69) is 0 Å². The van der Waals surface area contributed by atoms with Gasteiger partial charge in [-0.3, -0.25) is 9.59 Å². The van der Waals surface area contributed by atoms with Crippen LogP contribution >= 0.6 is 12.4 Å². The Balaban J connectivity index is 0.00000210. The molecule has 6 nitrogen and oxygen atoms in total. The smallest absolute Gasteiger partial charge is 0.228 e. The van der Waals surface area contributed by atoms with Crippen LogP contribution in [0.4, 0.5) is 0 Å². The Morgan fingerprint density at radius 1 is 1.19 bits per heavy atom. The van der Waals surface area contributed by atoms with E-state index < -0.39 is 0 Å².